The number of benzene rings is 1. The first-order valence-corrected chi connectivity index (χ1v) is 7.25. The number of carbonyl (C=O) groups is 1. The minimum atomic E-state index is -0.118. The van der Waals surface area contributed by atoms with Gasteiger partial charge in [0.25, 0.3) is 5.91 Å². The number of anilines is 1. The molecule has 94 valence electrons. The van der Waals surface area contributed by atoms with Crippen molar-refractivity contribution >= 4 is 49.8 Å². The number of halogens is 1. The monoisotopic (exact) mass is 332 g/mol. The molecule has 2 aromatic heterocycles. The quantitative estimate of drug-likeness (QED) is 0.759. The molecule has 1 aromatic carbocycles. The van der Waals surface area contributed by atoms with Gasteiger partial charge in [-0.25, -0.2) is 0 Å². The van der Waals surface area contributed by atoms with Crippen LogP contribution in [0.25, 0.3) is 10.9 Å². The lowest BCUT2D eigenvalue weighted by molar-refractivity contribution is 0.103. The molecule has 3 rings (SSSR count). The molecule has 0 aliphatic heterocycles. The van der Waals surface area contributed by atoms with Crippen LogP contribution < -0.4 is 5.32 Å². The van der Waals surface area contributed by atoms with Gasteiger partial charge in [-0.05, 0) is 40.2 Å². The van der Waals surface area contributed by atoms with Crippen molar-refractivity contribution in [2.75, 3.05) is 5.32 Å². The smallest absolute Gasteiger partial charge is 0.265 e. The third-order valence-corrected chi connectivity index (χ3v) is 4.27. The standard InChI is InChI=1S/C14H9BrN2OS/c15-13-6-5-12(19-13)14(18)17-10-7-9-3-1-2-4-11(9)16-8-10/h1-8H,(H,17,18). The maximum atomic E-state index is 12.0. The van der Waals surface area contributed by atoms with Gasteiger partial charge < -0.3 is 5.32 Å². The predicted molar refractivity (Wildman–Crippen MR) is 81.7 cm³/mol. The molecule has 0 saturated carbocycles. The Hall–Kier alpha value is -1.72. The first-order valence-electron chi connectivity index (χ1n) is 5.64. The van der Waals surface area contributed by atoms with Crippen molar-refractivity contribution in [3.8, 4) is 0 Å². The Balaban J connectivity index is 1.87. The van der Waals surface area contributed by atoms with Gasteiger partial charge in [-0.2, -0.15) is 0 Å². The highest BCUT2D eigenvalue weighted by molar-refractivity contribution is 9.11. The Morgan fingerprint density at radius 3 is 2.84 bits per heavy atom. The van der Waals surface area contributed by atoms with Crippen LogP contribution in [0.4, 0.5) is 5.69 Å². The van der Waals surface area contributed by atoms with Gasteiger partial charge in [-0.1, -0.05) is 18.2 Å². The average molecular weight is 333 g/mol. The molecule has 3 nitrogen and oxygen atoms in total. The van der Waals surface area contributed by atoms with Crippen LogP contribution in [0.15, 0.2) is 52.4 Å². The lowest BCUT2D eigenvalue weighted by atomic mass is 10.2. The first-order chi connectivity index (χ1) is 9.22. The van der Waals surface area contributed by atoms with E-state index >= 15 is 0 Å². The summed E-state index contributed by atoms with van der Waals surface area (Å²) in [5, 5.41) is 3.86. The van der Waals surface area contributed by atoms with Crippen molar-refractivity contribution < 1.29 is 4.79 Å². The van der Waals surface area contributed by atoms with Gasteiger partial charge in [0.15, 0.2) is 0 Å². The summed E-state index contributed by atoms with van der Waals surface area (Å²) in [5.41, 5.74) is 1.62. The average Bonchev–Trinajstić information content (AvgIpc) is 2.85. The van der Waals surface area contributed by atoms with E-state index in [2.05, 4.69) is 26.2 Å². The Morgan fingerprint density at radius 2 is 2.05 bits per heavy atom. The fraction of sp³-hybridized carbons (Fsp3) is 0. The second-order valence-electron chi connectivity index (χ2n) is 3.97. The van der Waals surface area contributed by atoms with Gasteiger partial charge in [0.05, 0.1) is 26.1 Å². The summed E-state index contributed by atoms with van der Waals surface area (Å²) < 4.78 is 0.939. The zero-order valence-electron chi connectivity index (χ0n) is 9.76. The molecule has 0 fully saturated rings. The Labute approximate surface area is 122 Å². The minimum absolute atomic E-state index is 0.118. The summed E-state index contributed by atoms with van der Waals surface area (Å²) in [6.07, 6.45) is 1.67. The van der Waals surface area contributed by atoms with E-state index in [9.17, 15) is 4.79 Å². The van der Waals surface area contributed by atoms with E-state index in [1.54, 1.807) is 12.3 Å². The third kappa shape index (κ3) is 2.67. The SMILES string of the molecule is O=C(Nc1cnc2ccccc2c1)c1ccc(Br)s1. The molecule has 0 aliphatic carbocycles. The molecular weight excluding hydrogens is 324 g/mol. The van der Waals surface area contributed by atoms with Crippen LogP contribution in [-0.4, -0.2) is 10.9 Å². The van der Waals surface area contributed by atoms with Crippen LogP contribution in [0, 0.1) is 0 Å². The fourth-order valence-electron chi connectivity index (χ4n) is 1.77. The largest absolute Gasteiger partial charge is 0.320 e. The van der Waals surface area contributed by atoms with Crippen LogP contribution in [0.1, 0.15) is 9.67 Å². The van der Waals surface area contributed by atoms with E-state index in [4.69, 9.17) is 0 Å². The number of nitrogens with one attached hydrogen (secondary N) is 1. The number of fused-ring (bicyclic) bond motifs is 1. The van der Waals surface area contributed by atoms with Gasteiger partial charge in [-0.15, -0.1) is 11.3 Å². The maximum absolute atomic E-state index is 12.0. The maximum Gasteiger partial charge on any atom is 0.265 e. The molecule has 3 aromatic rings. The number of amides is 1. The number of para-hydroxylation sites is 1. The van der Waals surface area contributed by atoms with Gasteiger partial charge in [-0.3, -0.25) is 9.78 Å². The predicted octanol–water partition coefficient (Wildman–Crippen LogP) is 4.31. The molecule has 0 spiro atoms. The van der Waals surface area contributed by atoms with Crippen LogP contribution in [0.5, 0.6) is 0 Å². The highest BCUT2D eigenvalue weighted by Gasteiger charge is 2.09. The van der Waals surface area contributed by atoms with Crippen molar-refractivity contribution in [2.24, 2.45) is 0 Å². The summed E-state index contributed by atoms with van der Waals surface area (Å²) >= 11 is 4.75. The van der Waals surface area contributed by atoms with Crippen LogP contribution in [0.2, 0.25) is 0 Å². The number of nitrogens with zero attached hydrogens (tertiary/aromatic N) is 1. The van der Waals surface area contributed by atoms with E-state index < -0.39 is 0 Å². The summed E-state index contributed by atoms with van der Waals surface area (Å²) in [5.74, 6) is -0.118. The fourth-order valence-corrected chi connectivity index (χ4v) is 3.05. The van der Waals surface area contributed by atoms with E-state index in [0.29, 0.717) is 10.6 Å². The van der Waals surface area contributed by atoms with Gasteiger partial charge in [0.2, 0.25) is 0 Å². The first kappa shape index (κ1) is 12.3. The molecule has 0 radical (unpaired) electrons. The number of hydrogen-bond donors (Lipinski definition) is 1. The number of pyridine rings is 1. The number of rotatable bonds is 2. The number of hydrogen-bond acceptors (Lipinski definition) is 3. The molecule has 0 saturated heterocycles. The Morgan fingerprint density at radius 1 is 1.21 bits per heavy atom. The van der Waals surface area contributed by atoms with Gasteiger partial charge in [0.1, 0.15) is 0 Å². The lowest BCUT2D eigenvalue weighted by Gasteiger charge is -2.04. The zero-order chi connectivity index (χ0) is 13.2. The van der Waals surface area contributed by atoms with E-state index in [1.165, 1.54) is 11.3 Å². The summed E-state index contributed by atoms with van der Waals surface area (Å²) in [6.45, 7) is 0. The Kier molecular flexibility index (Phi) is 3.31. The minimum Gasteiger partial charge on any atom is -0.320 e. The highest BCUT2D eigenvalue weighted by atomic mass is 79.9. The van der Waals surface area contributed by atoms with E-state index in [0.717, 1.165) is 14.7 Å². The molecule has 0 bridgehead atoms. The lowest BCUT2D eigenvalue weighted by Crippen LogP contribution is -2.10. The Bertz CT molecular complexity index is 754. The number of thiophene rings is 1. The number of aromatic nitrogens is 1. The summed E-state index contributed by atoms with van der Waals surface area (Å²) in [7, 11) is 0. The topological polar surface area (TPSA) is 42.0 Å². The molecule has 0 aliphatic rings. The van der Waals surface area contributed by atoms with Crippen molar-refractivity contribution in [3.05, 3.63) is 57.3 Å². The molecule has 1 N–H and O–H groups in total. The molecule has 2 heterocycles. The van der Waals surface area contributed by atoms with E-state index in [1.807, 2.05) is 36.4 Å². The molecular formula is C14H9BrN2OS. The third-order valence-electron chi connectivity index (χ3n) is 2.65. The zero-order valence-corrected chi connectivity index (χ0v) is 12.2. The molecule has 5 heteroatoms. The van der Waals surface area contributed by atoms with Crippen LogP contribution >= 0.6 is 27.3 Å². The van der Waals surface area contributed by atoms with Crippen molar-refractivity contribution in [1.29, 1.82) is 0 Å². The second-order valence-corrected chi connectivity index (χ2v) is 6.44. The van der Waals surface area contributed by atoms with Gasteiger partial charge >= 0.3 is 0 Å². The number of carbonyl (C=O) groups excluding carboxylic acids is 1. The molecule has 1 amide bonds. The van der Waals surface area contributed by atoms with E-state index in [-0.39, 0.29) is 5.91 Å². The molecule has 0 atom stereocenters. The van der Waals surface area contributed by atoms with Gasteiger partial charge in [0, 0.05) is 5.39 Å². The second kappa shape index (κ2) is 5.11. The normalized spacial score (nSPS) is 10.6. The highest BCUT2D eigenvalue weighted by Crippen LogP contribution is 2.23. The van der Waals surface area contributed by atoms with Crippen molar-refractivity contribution in [1.82, 2.24) is 4.98 Å². The van der Waals surface area contributed by atoms with Crippen LogP contribution in [-0.2, 0) is 0 Å². The summed E-state index contributed by atoms with van der Waals surface area (Å²) in [4.78, 5) is 17.0. The summed E-state index contributed by atoms with van der Waals surface area (Å²) in [6, 6.07) is 13.4. The van der Waals surface area contributed by atoms with Crippen molar-refractivity contribution in [2.45, 2.75) is 0 Å². The van der Waals surface area contributed by atoms with Crippen molar-refractivity contribution in [3.63, 3.8) is 0 Å². The molecule has 19 heavy (non-hydrogen) atoms. The molecule has 0 unspecified atom stereocenters. The van der Waals surface area contributed by atoms with Crippen LogP contribution in [0.3, 0.4) is 0 Å².